The maximum atomic E-state index is 12.0. The smallest absolute Gasteiger partial charge is 0.153 e. The summed E-state index contributed by atoms with van der Waals surface area (Å²) in [6.45, 7) is 3.21. The standard InChI is InChI=1S/C11H16ClNO3S2/c1-8(2)18(15,16)6-5-17(14)11-7-9(12)3-4-10(11)13/h3-4,7-8H,5-6,13H2,1-2H3. The summed E-state index contributed by atoms with van der Waals surface area (Å²) in [6, 6.07) is 4.67. The summed E-state index contributed by atoms with van der Waals surface area (Å²) in [5.41, 5.74) is 6.05. The van der Waals surface area contributed by atoms with Crippen LogP contribution < -0.4 is 5.73 Å². The summed E-state index contributed by atoms with van der Waals surface area (Å²) in [5, 5.41) is -0.0366. The van der Waals surface area contributed by atoms with Crippen LogP contribution in [0.2, 0.25) is 5.02 Å². The Morgan fingerprint density at radius 1 is 1.39 bits per heavy atom. The summed E-state index contributed by atoms with van der Waals surface area (Å²) in [6.07, 6.45) is 0. The van der Waals surface area contributed by atoms with Gasteiger partial charge in [0.2, 0.25) is 0 Å². The summed E-state index contributed by atoms with van der Waals surface area (Å²) < 4.78 is 35.2. The minimum Gasteiger partial charge on any atom is -0.398 e. The number of rotatable bonds is 5. The van der Waals surface area contributed by atoms with Gasteiger partial charge in [0.25, 0.3) is 0 Å². The van der Waals surface area contributed by atoms with E-state index < -0.39 is 25.9 Å². The fourth-order valence-electron chi connectivity index (χ4n) is 1.24. The molecule has 2 N–H and O–H groups in total. The van der Waals surface area contributed by atoms with Crippen molar-refractivity contribution in [2.75, 3.05) is 17.2 Å². The molecular weight excluding hydrogens is 294 g/mol. The summed E-state index contributed by atoms with van der Waals surface area (Å²) in [7, 11) is -4.65. The number of nitrogens with two attached hydrogens (primary N) is 1. The van der Waals surface area contributed by atoms with Crippen LogP contribution in [0.3, 0.4) is 0 Å². The molecule has 0 amide bonds. The Balaban J connectivity index is 2.81. The molecule has 1 aromatic rings. The van der Waals surface area contributed by atoms with Crippen LogP contribution in [0, 0.1) is 0 Å². The number of benzene rings is 1. The van der Waals surface area contributed by atoms with Crippen LogP contribution in [-0.4, -0.2) is 29.4 Å². The normalized spacial score (nSPS) is 13.8. The lowest BCUT2D eigenvalue weighted by molar-refractivity contribution is 0.588. The first-order valence-corrected chi connectivity index (χ1v) is 8.80. The highest BCUT2D eigenvalue weighted by Gasteiger charge is 2.18. The molecule has 102 valence electrons. The second kappa shape index (κ2) is 6.04. The van der Waals surface area contributed by atoms with E-state index in [0.717, 1.165) is 0 Å². The molecule has 1 aromatic carbocycles. The zero-order chi connectivity index (χ0) is 13.9. The third-order valence-electron chi connectivity index (χ3n) is 2.49. The highest BCUT2D eigenvalue weighted by Crippen LogP contribution is 2.21. The molecule has 0 fully saturated rings. The maximum Gasteiger partial charge on any atom is 0.153 e. The average Bonchev–Trinajstić information content (AvgIpc) is 2.29. The summed E-state index contributed by atoms with van der Waals surface area (Å²) >= 11 is 5.79. The van der Waals surface area contributed by atoms with E-state index in [2.05, 4.69) is 0 Å². The Bertz CT molecular complexity index is 555. The summed E-state index contributed by atoms with van der Waals surface area (Å²) in [4.78, 5) is 0.390. The number of halogens is 1. The van der Waals surface area contributed by atoms with Gasteiger partial charge in [0, 0.05) is 16.5 Å². The van der Waals surface area contributed by atoms with Crippen LogP contribution in [0.15, 0.2) is 23.1 Å². The highest BCUT2D eigenvalue weighted by atomic mass is 35.5. The first kappa shape index (κ1) is 15.5. The van der Waals surface area contributed by atoms with Crippen LogP contribution in [-0.2, 0) is 20.6 Å². The van der Waals surface area contributed by atoms with Gasteiger partial charge in [-0.3, -0.25) is 4.21 Å². The van der Waals surface area contributed by atoms with Crippen molar-refractivity contribution in [3.05, 3.63) is 23.2 Å². The molecule has 0 saturated carbocycles. The molecule has 0 radical (unpaired) electrons. The fourth-order valence-corrected chi connectivity index (χ4v) is 4.30. The van der Waals surface area contributed by atoms with Crippen LogP contribution >= 0.6 is 11.6 Å². The van der Waals surface area contributed by atoms with Gasteiger partial charge in [-0.15, -0.1) is 0 Å². The number of nitrogen functional groups attached to an aromatic ring is 1. The van der Waals surface area contributed by atoms with E-state index in [-0.39, 0.29) is 11.5 Å². The van der Waals surface area contributed by atoms with Crippen molar-refractivity contribution in [1.82, 2.24) is 0 Å². The van der Waals surface area contributed by atoms with E-state index in [9.17, 15) is 12.6 Å². The topological polar surface area (TPSA) is 77.2 Å². The number of hydrogen-bond donors (Lipinski definition) is 1. The van der Waals surface area contributed by atoms with Crippen molar-refractivity contribution in [1.29, 1.82) is 0 Å². The molecule has 1 rings (SSSR count). The molecule has 0 aliphatic rings. The molecule has 18 heavy (non-hydrogen) atoms. The van der Waals surface area contributed by atoms with Gasteiger partial charge in [-0.25, -0.2) is 8.42 Å². The first-order chi connectivity index (χ1) is 8.24. The van der Waals surface area contributed by atoms with Crippen LogP contribution in [0.5, 0.6) is 0 Å². The van der Waals surface area contributed by atoms with Gasteiger partial charge < -0.3 is 5.73 Å². The van der Waals surface area contributed by atoms with Crippen molar-refractivity contribution in [3.8, 4) is 0 Å². The molecule has 1 unspecified atom stereocenters. The lowest BCUT2D eigenvalue weighted by atomic mass is 10.3. The summed E-state index contributed by atoms with van der Waals surface area (Å²) in [5.74, 6) is -0.0890. The molecule has 7 heteroatoms. The average molecular weight is 310 g/mol. The van der Waals surface area contributed by atoms with Crippen molar-refractivity contribution in [2.24, 2.45) is 0 Å². The fraction of sp³-hybridized carbons (Fsp3) is 0.455. The SMILES string of the molecule is CC(C)S(=O)(=O)CCS(=O)c1cc(Cl)ccc1N. The van der Waals surface area contributed by atoms with E-state index in [4.69, 9.17) is 17.3 Å². The third kappa shape index (κ3) is 3.96. The predicted molar refractivity (Wildman–Crippen MR) is 76.1 cm³/mol. The van der Waals surface area contributed by atoms with Gasteiger partial charge in [0.05, 0.1) is 26.7 Å². The maximum absolute atomic E-state index is 12.0. The van der Waals surface area contributed by atoms with Gasteiger partial charge in [0.15, 0.2) is 9.84 Å². The zero-order valence-electron chi connectivity index (χ0n) is 10.2. The molecule has 0 aliphatic heterocycles. The monoisotopic (exact) mass is 309 g/mol. The van der Waals surface area contributed by atoms with Crippen LogP contribution in [0.25, 0.3) is 0 Å². The van der Waals surface area contributed by atoms with E-state index in [1.807, 2.05) is 0 Å². The Morgan fingerprint density at radius 3 is 2.56 bits per heavy atom. The van der Waals surface area contributed by atoms with Crippen molar-refractivity contribution >= 4 is 37.9 Å². The van der Waals surface area contributed by atoms with Gasteiger partial charge >= 0.3 is 0 Å². The van der Waals surface area contributed by atoms with E-state index in [1.54, 1.807) is 26.0 Å². The van der Waals surface area contributed by atoms with Crippen LogP contribution in [0.4, 0.5) is 5.69 Å². The predicted octanol–water partition coefficient (Wildman–Crippen LogP) is 1.85. The van der Waals surface area contributed by atoms with E-state index in [0.29, 0.717) is 15.6 Å². The largest absolute Gasteiger partial charge is 0.398 e. The van der Waals surface area contributed by atoms with Crippen molar-refractivity contribution in [3.63, 3.8) is 0 Å². The molecule has 0 heterocycles. The Kier molecular flexibility index (Phi) is 5.19. The molecule has 4 nitrogen and oxygen atoms in total. The van der Waals surface area contributed by atoms with E-state index in [1.165, 1.54) is 6.07 Å². The minimum absolute atomic E-state index is 0.0328. The minimum atomic E-state index is -3.19. The Hall–Kier alpha value is -0.590. The molecule has 0 bridgehead atoms. The lowest BCUT2D eigenvalue weighted by Gasteiger charge is -2.09. The third-order valence-corrected chi connectivity index (χ3v) is 6.61. The zero-order valence-corrected chi connectivity index (χ0v) is 12.6. The molecule has 0 aromatic heterocycles. The molecule has 0 saturated heterocycles. The van der Waals surface area contributed by atoms with Gasteiger partial charge in [-0.1, -0.05) is 11.6 Å². The number of anilines is 1. The number of sulfone groups is 1. The lowest BCUT2D eigenvalue weighted by Crippen LogP contribution is -2.21. The van der Waals surface area contributed by atoms with Crippen LogP contribution in [0.1, 0.15) is 13.8 Å². The first-order valence-electron chi connectivity index (χ1n) is 5.39. The second-order valence-corrected chi connectivity index (χ2v) is 8.80. The quantitative estimate of drug-likeness (QED) is 0.842. The molecule has 1 atom stereocenters. The molecule has 0 aliphatic carbocycles. The second-order valence-electron chi connectivity index (χ2n) is 4.15. The van der Waals surface area contributed by atoms with Gasteiger partial charge in [-0.2, -0.15) is 0 Å². The van der Waals surface area contributed by atoms with Gasteiger partial charge in [-0.05, 0) is 32.0 Å². The van der Waals surface area contributed by atoms with E-state index >= 15 is 0 Å². The molecular formula is C11H16ClNO3S2. The Labute approximate surface area is 115 Å². The van der Waals surface area contributed by atoms with Crippen molar-refractivity contribution in [2.45, 2.75) is 24.0 Å². The Morgan fingerprint density at radius 2 is 2.00 bits per heavy atom. The number of hydrogen-bond acceptors (Lipinski definition) is 4. The highest BCUT2D eigenvalue weighted by molar-refractivity contribution is 7.93. The van der Waals surface area contributed by atoms with Gasteiger partial charge in [0.1, 0.15) is 0 Å². The van der Waals surface area contributed by atoms with Crippen molar-refractivity contribution < 1.29 is 12.6 Å². The molecule has 0 spiro atoms.